The van der Waals surface area contributed by atoms with E-state index >= 15 is 0 Å². The Balaban J connectivity index is 1.84. The lowest BCUT2D eigenvalue weighted by Crippen LogP contribution is -2.29. The number of nitrogens with zero attached hydrogens (tertiary/aromatic N) is 1. The summed E-state index contributed by atoms with van der Waals surface area (Å²) in [4.78, 5) is 26.7. The summed E-state index contributed by atoms with van der Waals surface area (Å²) in [5.41, 5.74) is 8.58. The average molecular weight is 372 g/mol. The molecule has 1 aliphatic heterocycles. The molecule has 3 rings (SSSR count). The molecule has 0 atom stereocenters. The first-order valence-corrected chi connectivity index (χ1v) is 9.27. The van der Waals surface area contributed by atoms with E-state index in [9.17, 15) is 9.59 Å². The Morgan fingerprint density at radius 1 is 1.08 bits per heavy atom. The maximum atomic E-state index is 12.5. The summed E-state index contributed by atoms with van der Waals surface area (Å²) in [6, 6.07) is 12.5. The lowest BCUT2D eigenvalue weighted by molar-refractivity contribution is 0.100. The molecule has 1 aliphatic rings. The molecule has 2 aromatic rings. The van der Waals surface area contributed by atoms with Crippen LogP contribution in [0.1, 0.15) is 45.5 Å². The first kappa shape index (κ1) is 18.3. The van der Waals surface area contributed by atoms with Gasteiger partial charge in [0, 0.05) is 30.2 Å². The predicted octanol–water partition coefficient (Wildman–Crippen LogP) is 3.77. The molecule has 0 saturated carbocycles. The van der Waals surface area contributed by atoms with Crippen LogP contribution in [-0.4, -0.2) is 24.9 Å². The average Bonchev–Trinajstić information content (AvgIpc) is 2.68. The molecule has 6 heteroatoms. The number of nitrogens with one attached hydrogen (secondary N) is 1. The number of piperidine rings is 1. The van der Waals surface area contributed by atoms with Crippen molar-refractivity contribution in [2.24, 2.45) is 5.73 Å². The lowest BCUT2D eigenvalue weighted by Gasteiger charge is -2.29. The molecular formula is C20H22ClN3O2. The number of primary amides is 1. The summed E-state index contributed by atoms with van der Waals surface area (Å²) in [6.07, 6.45) is 3.51. The van der Waals surface area contributed by atoms with Crippen molar-refractivity contribution in [3.8, 4) is 0 Å². The smallest absolute Gasteiger partial charge is 0.255 e. The molecule has 0 unspecified atom stereocenters. The number of halogens is 1. The van der Waals surface area contributed by atoms with Gasteiger partial charge in [-0.05, 0) is 55.2 Å². The zero-order chi connectivity index (χ0) is 18.5. The fourth-order valence-electron chi connectivity index (χ4n) is 3.18. The maximum Gasteiger partial charge on any atom is 0.255 e. The minimum atomic E-state index is -0.561. The SMILES string of the molecule is NC(=O)c1cc(N2CCCCC2)ccc1NC(=O)c1cccc(CCl)c1. The maximum absolute atomic E-state index is 12.5. The topological polar surface area (TPSA) is 75.4 Å². The molecule has 0 aromatic heterocycles. The van der Waals surface area contributed by atoms with Gasteiger partial charge in [0.15, 0.2) is 0 Å². The van der Waals surface area contributed by atoms with Crippen LogP contribution in [0.4, 0.5) is 11.4 Å². The van der Waals surface area contributed by atoms with E-state index < -0.39 is 5.91 Å². The van der Waals surface area contributed by atoms with Gasteiger partial charge in [-0.2, -0.15) is 0 Å². The molecule has 26 heavy (non-hydrogen) atoms. The summed E-state index contributed by atoms with van der Waals surface area (Å²) in [7, 11) is 0. The van der Waals surface area contributed by atoms with Gasteiger partial charge in [0.2, 0.25) is 0 Å². The third-order valence-electron chi connectivity index (χ3n) is 4.58. The molecule has 0 radical (unpaired) electrons. The highest BCUT2D eigenvalue weighted by atomic mass is 35.5. The second-order valence-electron chi connectivity index (χ2n) is 6.43. The Morgan fingerprint density at radius 2 is 1.85 bits per heavy atom. The number of alkyl halides is 1. The van der Waals surface area contributed by atoms with Gasteiger partial charge in [0.05, 0.1) is 11.3 Å². The summed E-state index contributed by atoms with van der Waals surface area (Å²) in [5, 5.41) is 2.79. The van der Waals surface area contributed by atoms with Gasteiger partial charge in [0.1, 0.15) is 0 Å². The van der Waals surface area contributed by atoms with Gasteiger partial charge in [-0.25, -0.2) is 0 Å². The molecule has 1 fully saturated rings. The molecule has 2 aromatic carbocycles. The highest BCUT2D eigenvalue weighted by Gasteiger charge is 2.17. The Bertz CT molecular complexity index is 816. The highest BCUT2D eigenvalue weighted by molar-refractivity contribution is 6.17. The van der Waals surface area contributed by atoms with Crippen LogP contribution in [-0.2, 0) is 5.88 Å². The van der Waals surface area contributed by atoms with E-state index in [0.717, 1.165) is 37.2 Å². The van der Waals surface area contributed by atoms with Gasteiger partial charge in [-0.15, -0.1) is 11.6 Å². The Labute approximate surface area is 158 Å². The van der Waals surface area contributed by atoms with Crippen molar-refractivity contribution < 1.29 is 9.59 Å². The van der Waals surface area contributed by atoms with Crippen molar-refractivity contribution >= 4 is 34.8 Å². The number of carbonyl (C=O) groups excluding carboxylic acids is 2. The largest absolute Gasteiger partial charge is 0.372 e. The second kappa shape index (κ2) is 8.23. The molecule has 1 heterocycles. The third-order valence-corrected chi connectivity index (χ3v) is 4.89. The van der Waals surface area contributed by atoms with Crippen molar-refractivity contribution in [1.82, 2.24) is 0 Å². The quantitative estimate of drug-likeness (QED) is 0.785. The van der Waals surface area contributed by atoms with Crippen LogP contribution in [0.3, 0.4) is 0 Å². The van der Waals surface area contributed by atoms with E-state index in [-0.39, 0.29) is 5.91 Å². The highest BCUT2D eigenvalue weighted by Crippen LogP contribution is 2.26. The Kier molecular flexibility index (Phi) is 5.78. The summed E-state index contributed by atoms with van der Waals surface area (Å²) in [6.45, 7) is 1.93. The van der Waals surface area contributed by atoms with Crippen molar-refractivity contribution in [1.29, 1.82) is 0 Å². The first-order chi connectivity index (χ1) is 12.6. The van der Waals surface area contributed by atoms with Crippen LogP contribution in [0.2, 0.25) is 0 Å². The standard InChI is InChI=1S/C20H22ClN3O2/c21-13-14-5-4-6-15(11-14)20(26)23-18-8-7-16(12-17(18)19(22)25)24-9-2-1-3-10-24/h4-8,11-12H,1-3,9-10,13H2,(H2,22,25)(H,23,26). The number of hydrogen-bond donors (Lipinski definition) is 2. The van der Waals surface area contributed by atoms with E-state index in [2.05, 4.69) is 10.2 Å². The summed E-state index contributed by atoms with van der Waals surface area (Å²) >= 11 is 5.82. The van der Waals surface area contributed by atoms with Gasteiger partial charge < -0.3 is 16.0 Å². The van der Waals surface area contributed by atoms with E-state index in [1.54, 1.807) is 30.3 Å². The lowest BCUT2D eigenvalue weighted by atomic mass is 10.1. The number of amides is 2. The van der Waals surface area contributed by atoms with Crippen LogP contribution in [0.5, 0.6) is 0 Å². The van der Waals surface area contributed by atoms with Gasteiger partial charge in [0.25, 0.3) is 11.8 Å². The molecule has 0 spiro atoms. The number of hydrogen-bond acceptors (Lipinski definition) is 3. The van der Waals surface area contributed by atoms with Gasteiger partial charge in [-0.1, -0.05) is 12.1 Å². The normalized spacial score (nSPS) is 14.1. The monoisotopic (exact) mass is 371 g/mol. The summed E-state index contributed by atoms with van der Waals surface area (Å²) < 4.78 is 0. The van der Waals surface area contributed by atoms with Crippen LogP contribution in [0, 0.1) is 0 Å². The second-order valence-corrected chi connectivity index (χ2v) is 6.70. The van der Waals surface area contributed by atoms with E-state index in [0.29, 0.717) is 22.7 Å². The van der Waals surface area contributed by atoms with Gasteiger partial charge >= 0.3 is 0 Å². The molecule has 0 bridgehead atoms. The molecule has 1 saturated heterocycles. The number of benzene rings is 2. The Morgan fingerprint density at radius 3 is 2.54 bits per heavy atom. The molecule has 5 nitrogen and oxygen atoms in total. The minimum Gasteiger partial charge on any atom is -0.372 e. The van der Waals surface area contributed by atoms with E-state index in [1.165, 1.54) is 6.42 Å². The number of rotatable bonds is 5. The van der Waals surface area contributed by atoms with E-state index in [4.69, 9.17) is 17.3 Å². The molecule has 0 aliphatic carbocycles. The molecule has 136 valence electrons. The van der Waals surface area contributed by atoms with Crippen LogP contribution < -0.4 is 16.0 Å². The van der Waals surface area contributed by atoms with Crippen molar-refractivity contribution in [3.05, 3.63) is 59.2 Å². The number of anilines is 2. The van der Waals surface area contributed by atoms with Crippen LogP contribution in [0.25, 0.3) is 0 Å². The van der Waals surface area contributed by atoms with Crippen molar-refractivity contribution in [3.63, 3.8) is 0 Å². The fraction of sp³-hybridized carbons (Fsp3) is 0.300. The number of nitrogens with two attached hydrogens (primary N) is 1. The number of carbonyl (C=O) groups is 2. The molecule has 2 amide bonds. The van der Waals surface area contributed by atoms with Gasteiger partial charge in [-0.3, -0.25) is 9.59 Å². The van der Waals surface area contributed by atoms with Crippen LogP contribution in [0.15, 0.2) is 42.5 Å². The van der Waals surface area contributed by atoms with Crippen molar-refractivity contribution in [2.45, 2.75) is 25.1 Å². The zero-order valence-corrected chi connectivity index (χ0v) is 15.3. The Hall–Kier alpha value is -2.53. The van der Waals surface area contributed by atoms with Crippen molar-refractivity contribution in [2.75, 3.05) is 23.3 Å². The third kappa shape index (κ3) is 4.17. The fourth-order valence-corrected chi connectivity index (χ4v) is 3.35. The van der Waals surface area contributed by atoms with E-state index in [1.807, 2.05) is 12.1 Å². The first-order valence-electron chi connectivity index (χ1n) is 8.73. The predicted molar refractivity (Wildman–Crippen MR) is 105 cm³/mol. The summed E-state index contributed by atoms with van der Waals surface area (Å²) in [5.74, 6) is -0.531. The molecule has 3 N–H and O–H groups in total. The minimum absolute atomic E-state index is 0.301. The zero-order valence-electron chi connectivity index (χ0n) is 14.5. The van der Waals surface area contributed by atoms with Crippen LogP contribution >= 0.6 is 11.6 Å². The molecular weight excluding hydrogens is 350 g/mol.